The number of aromatic nitrogens is 1. The van der Waals surface area contributed by atoms with E-state index in [4.69, 9.17) is 11.6 Å². The number of aliphatic hydroxyl groups is 1. The van der Waals surface area contributed by atoms with Crippen LogP contribution in [-0.2, 0) is 0 Å². The van der Waals surface area contributed by atoms with E-state index in [0.29, 0.717) is 5.92 Å². The third kappa shape index (κ3) is 2.74. The Morgan fingerprint density at radius 3 is 2.74 bits per heavy atom. The number of benzene rings is 1. The summed E-state index contributed by atoms with van der Waals surface area (Å²) in [5.74, 6) is 2.20. The van der Waals surface area contributed by atoms with Gasteiger partial charge in [0.15, 0.2) is 0 Å². The molecule has 2 aromatic rings. The Labute approximate surface area is 191 Å². The summed E-state index contributed by atoms with van der Waals surface area (Å²) in [5.41, 5.74) is 5.97. The Kier molecular flexibility index (Phi) is 4.38. The summed E-state index contributed by atoms with van der Waals surface area (Å²) >= 11 is 6.25. The van der Waals surface area contributed by atoms with Gasteiger partial charge in [-0.1, -0.05) is 31.5 Å². The molecule has 6 atom stereocenters. The topological polar surface area (TPSA) is 25.2 Å². The standard InChI is InChI=1S/C28H34ClNO/c1-17-14-18-15-20(29)5-8-25(18)30(17)21-10-12-27(2)19(16-21)4-6-22-23-7-9-26(31)28(23,3)13-11-24(22)27/h4-5,8,14-16,22-24,26,31H,6-7,9-13H2,1-3H3/t22-,23-,24-,26-,27-,28-/m0/s1. The third-order valence-electron chi connectivity index (χ3n) is 9.93. The number of fused-ring (bicyclic) bond motifs is 6. The normalized spacial score (nSPS) is 39.5. The van der Waals surface area contributed by atoms with E-state index in [1.165, 1.54) is 54.4 Å². The van der Waals surface area contributed by atoms with Gasteiger partial charge in [-0.3, -0.25) is 0 Å². The molecular formula is C28H34ClNO. The van der Waals surface area contributed by atoms with Gasteiger partial charge in [-0.2, -0.15) is 0 Å². The van der Waals surface area contributed by atoms with Gasteiger partial charge in [0, 0.05) is 21.8 Å². The maximum absolute atomic E-state index is 10.7. The van der Waals surface area contributed by atoms with Crippen LogP contribution in [0.25, 0.3) is 16.6 Å². The highest BCUT2D eigenvalue weighted by molar-refractivity contribution is 6.31. The Bertz CT molecular complexity index is 1130. The minimum Gasteiger partial charge on any atom is -0.393 e. The van der Waals surface area contributed by atoms with Crippen molar-refractivity contribution in [3.8, 4) is 0 Å². The van der Waals surface area contributed by atoms with Crippen molar-refractivity contribution in [1.29, 1.82) is 0 Å². The number of hydrogen-bond donors (Lipinski definition) is 1. The molecule has 0 spiro atoms. The predicted octanol–water partition coefficient (Wildman–Crippen LogP) is 7.38. The fourth-order valence-corrected chi connectivity index (χ4v) is 8.35. The second-order valence-electron chi connectivity index (χ2n) is 11.3. The van der Waals surface area contributed by atoms with E-state index in [1.54, 1.807) is 5.57 Å². The molecule has 0 unspecified atom stereocenters. The summed E-state index contributed by atoms with van der Waals surface area (Å²) in [6.45, 7) is 7.12. The van der Waals surface area contributed by atoms with E-state index in [9.17, 15) is 5.11 Å². The van der Waals surface area contributed by atoms with Gasteiger partial charge < -0.3 is 9.67 Å². The fourth-order valence-electron chi connectivity index (χ4n) is 8.16. The predicted molar refractivity (Wildman–Crippen MR) is 129 cm³/mol. The quantitative estimate of drug-likeness (QED) is 0.496. The minimum atomic E-state index is -0.0898. The molecule has 4 aliphatic rings. The highest BCUT2D eigenvalue weighted by Crippen LogP contribution is 2.64. The first-order valence-electron chi connectivity index (χ1n) is 12.2. The van der Waals surface area contributed by atoms with Crippen molar-refractivity contribution in [3.05, 3.63) is 52.7 Å². The van der Waals surface area contributed by atoms with Crippen LogP contribution in [0.1, 0.15) is 64.5 Å². The lowest BCUT2D eigenvalue weighted by molar-refractivity contribution is -0.0623. The van der Waals surface area contributed by atoms with Crippen LogP contribution in [0, 0.1) is 35.5 Å². The van der Waals surface area contributed by atoms with Gasteiger partial charge in [-0.25, -0.2) is 0 Å². The van der Waals surface area contributed by atoms with Gasteiger partial charge in [0.2, 0.25) is 0 Å². The molecule has 164 valence electrons. The van der Waals surface area contributed by atoms with Crippen molar-refractivity contribution in [3.63, 3.8) is 0 Å². The average Bonchev–Trinajstić information content (AvgIpc) is 3.22. The zero-order valence-corrected chi connectivity index (χ0v) is 19.8. The zero-order chi connectivity index (χ0) is 21.5. The number of allylic oxidation sites excluding steroid dienone is 4. The summed E-state index contributed by atoms with van der Waals surface area (Å²) in [5, 5.41) is 12.7. The number of aliphatic hydroxyl groups excluding tert-OH is 1. The van der Waals surface area contributed by atoms with Gasteiger partial charge in [-0.05, 0) is 116 Å². The Morgan fingerprint density at radius 1 is 1.06 bits per heavy atom. The van der Waals surface area contributed by atoms with Crippen LogP contribution in [0.3, 0.4) is 0 Å². The molecule has 6 rings (SSSR count). The second-order valence-corrected chi connectivity index (χ2v) is 11.7. The molecule has 0 radical (unpaired) electrons. The summed E-state index contributed by atoms with van der Waals surface area (Å²) in [6, 6.07) is 8.51. The summed E-state index contributed by atoms with van der Waals surface area (Å²) in [4.78, 5) is 0. The Morgan fingerprint density at radius 2 is 1.90 bits per heavy atom. The van der Waals surface area contributed by atoms with Crippen LogP contribution in [0.2, 0.25) is 5.02 Å². The first-order valence-corrected chi connectivity index (χ1v) is 12.6. The molecule has 0 aliphatic heterocycles. The lowest BCUT2D eigenvalue weighted by Gasteiger charge is -2.56. The Balaban J connectivity index is 1.39. The summed E-state index contributed by atoms with van der Waals surface area (Å²) in [7, 11) is 0. The van der Waals surface area contributed by atoms with E-state index in [0.717, 1.165) is 29.7 Å². The molecule has 1 heterocycles. The molecular weight excluding hydrogens is 402 g/mol. The number of nitrogens with zero attached hydrogens (tertiary/aromatic N) is 1. The van der Waals surface area contributed by atoms with Gasteiger partial charge in [-0.15, -0.1) is 0 Å². The maximum atomic E-state index is 10.7. The third-order valence-corrected chi connectivity index (χ3v) is 10.2. The van der Waals surface area contributed by atoms with E-state index in [1.807, 2.05) is 6.07 Å². The van der Waals surface area contributed by atoms with E-state index < -0.39 is 0 Å². The van der Waals surface area contributed by atoms with Crippen LogP contribution in [0.5, 0.6) is 0 Å². The Hall–Kier alpha value is -1.51. The number of halogens is 1. The molecule has 2 saturated carbocycles. The van der Waals surface area contributed by atoms with Crippen LogP contribution < -0.4 is 0 Å². The molecule has 1 aromatic heterocycles. The van der Waals surface area contributed by atoms with Crippen molar-refractivity contribution in [2.45, 2.75) is 71.8 Å². The monoisotopic (exact) mass is 435 g/mol. The van der Waals surface area contributed by atoms with Gasteiger partial charge in [0.1, 0.15) is 0 Å². The smallest absolute Gasteiger partial charge is 0.0596 e. The highest BCUT2D eigenvalue weighted by Gasteiger charge is 2.58. The maximum Gasteiger partial charge on any atom is 0.0596 e. The molecule has 0 saturated heterocycles. The number of hydrogen-bond acceptors (Lipinski definition) is 1. The van der Waals surface area contributed by atoms with E-state index >= 15 is 0 Å². The number of aryl methyl sites for hydroxylation is 1. The van der Waals surface area contributed by atoms with Gasteiger partial charge in [0.25, 0.3) is 0 Å². The molecule has 31 heavy (non-hydrogen) atoms. The second kappa shape index (κ2) is 6.75. The average molecular weight is 436 g/mol. The fraction of sp³-hybridized carbons (Fsp3) is 0.571. The van der Waals surface area contributed by atoms with Crippen molar-refractivity contribution >= 4 is 28.2 Å². The van der Waals surface area contributed by atoms with Gasteiger partial charge >= 0.3 is 0 Å². The first-order chi connectivity index (χ1) is 14.8. The van der Waals surface area contributed by atoms with Crippen molar-refractivity contribution < 1.29 is 5.11 Å². The largest absolute Gasteiger partial charge is 0.393 e. The molecule has 1 N–H and O–H groups in total. The van der Waals surface area contributed by atoms with Gasteiger partial charge in [0.05, 0.1) is 11.6 Å². The molecule has 0 bridgehead atoms. The molecule has 4 aliphatic carbocycles. The van der Waals surface area contributed by atoms with Crippen molar-refractivity contribution in [2.24, 2.45) is 28.6 Å². The van der Waals surface area contributed by atoms with E-state index in [-0.39, 0.29) is 16.9 Å². The van der Waals surface area contributed by atoms with Crippen molar-refractivity contribution in [1.82, 2.24) is 4.57 Å². The van der Waals surface area contributed by atoms with Crippen LogP contribution >= 0.6 is 11.6 Å². The van der Waals surface area contributed by atoms with Crippen LogP contribution in [-0.4, -0.2) is 15.8 Å². The molecule has 0 amide bonds. The molecule has 2 nitrogen and oxygen atoms in total. The van der Waals surface area contributed by atoms with E-state index in [2.05, 4.69) is 55.7 Å². The zero-order valence-electron chi connectivity index (χ0n) is 19.0. The van der Waals surface area contributed by atoms with Crippen LogP contribution in [0.4, 0.5) is 0 Å². The minimum absolute atomic E-state index is 0.0898. The summed E-state index contributed by atoms with van der Waals surface area (Å²) in [6.07, 6.45) is 13.2. The molecule has 3 heteroatoms. The number of rotatable bonds is 1. The highest BCUT2D eigenvalue weighted by atomic mass is 35.5. The van der Waals surface area contributed by atoms with Crippen LogP contribution in [0.15, 0.2) is 42.0 Å². The van der Waals surface area contributed by atoms with Crippen molar-refractivity contribution in [2.75, 3.05) is 0 Å². The summed E-state index contributed by atoms with van der Waals surface area (Å²) < 4.78 is 2.45. The molecule has 1 aromatic carbocycles. The lowest BCUT2D eigenvalue weighted by atomic mass is 9.48. The molecule has 2 fully saturated rings. The SMILES string of the molecule is Cc1cc2cc(Cl)ccc2n1C1=CC2=CC[C@H]3[C@@H]4CC[C@H](O)[C@@]4(C)CC[C@@H]3[C@@]2(C)CC1. The first kappa shape index (κ1) is 20.1. The lowest BCUT2D eigenvalue weighted by Crippen LogP contribution is -2.50.